The molecule has 0 saturated heterocycles. The lowest BCUT2D eigenvalue weighted by atomic mass is 10.3. The van der Waals surface area contributed by atoms with Crippen molar-refractivity contribution in [3.63, 3.8) is 0 Å². The maximum atomic E-state index is 12.4. The fraction of sp³-hybridized carbons (Fsp3) is 0.167. The van der Waals surface area contributed by atoms with Gasteiger partial charge in [0.25, 0.3) is 0 Å². The number of halogens is 2. The first-order valence-electron chi connectivity index (χ1n) is 3.06. The Hall–Kier alpha value is -1.13. The third-order valence-electron chi connectivity index (χ3n) is 1.20. The minimum absolute atomic E-state index is 0.171. The Morgan fingerprint density at radius 3 is 3.00 bits per heavy atom. The molecule has 1 aromatic rings. The van der Waals surface area contributed by atoms with E-state index in [4.69, 9.17) is 5.53 Å². The highest BCUT2D eigenvalue weighted by molar-refractivity contribution is 9.10. The van der Waals surface area contributed by atoms with E-state index in [-0.39, 0.29) is 6.54 Å². The molecule has 0 aliphatic heterocycles. The van der Waals surface area contributed by atoms with Crippen LogP contribution in [0.5, 0.6) is 0 Å². The van der Waals surface area contributed by atoms with Gasteiger partial charge in [-0.05, 0) is 33.1 Å². The Morgan fingerprint density at radius 1 is 1.67 bits per heavy atom. The zero-order chi connectivity index (χ0) is 8.97. The number of nitrogens with zero attached hydrogens (tertiary/aromatic N) is 4. The van der Waals surface area contributed by atoms with Gasteiger partial charge in [-0.25, -0.2) is 4.98 Å². The van der Waals surface area contributed by atoms with E-state index in [9.17, 15) is 4.39 Å². The van der Waals surface area contributed by atoms with Gasteiger partial charge < -0.3 is 0 Å². The highest BCUT2D eigenvalue weighted by atomic mass is 79.9. The van der Waals surface area contributed by atoms with Crippen LogP contribution in [-0.2, 0) is 6.54 Å². The molecule has 0 fully saturated rings. The highest BCUT2D eigenvalue weighted by Gasteiger charge is 2.00. The monoisotopic (exact) mass is 230 g/mol. The van der Waals surface area contributed by atoms with Crippen LogP contribution in [0.1, 0.15) is 5.56 Å². The summed E-state index contributed by atoms with van der Waals surface area (Å²) in [4.78, 5) is 6.07. The number of azide groups is 1. The third kappa shape index (κ3) is 2.18. The molecule has 0 aliphatic carbocycles. The van der Waals surface area contributed by atoms with Gasteiger partial charge in [-0.2, -0.15) is 4.39 Å². The molecular weight excluding hydrogens is 227 g/mol. The van der Waals surface area contributed by atoms with E-state index in [0.717, 1.165) is 0 Å². The lowest BCUT2D eigenvalue weighted by Gasteiger charge is -1.97. The molecule has 62 valence electrons. The predicted molar refractivity (Wildman–Crippen MR) is 44.7 cm³/mol. The minimum atomic E-state index is -0.563. The summed E-state index contributed by atoms with van der Waals surface area (Å²) < 4.78 is 12.8. The van der Waals surface area contributed by atoms with Crippen LogP contribution in [0.4, 0.5) is 4.39 Å². The lowest BCUT2D eigenvalue weighted by molar-refractivity contribution is 0.579. The lowest BCUT2D eigenvalue weighted by Crippen LogP contribution is -1.89. The second-order valence-corrected chi connectivity index (χ2v) is 2.72. The molecule has 1 heterocycles. The molecule has 0 radical (unpaired) electrons. The summed E-state index contributed by atoms with van der Waals surface area (Å²) in [5.41, 5.74) is 8.68. The van der Waals surface area contributed by atoms with Crippen LogP contribution in [-0.4, -0.2) is 4.98 Å². The average molecular weight is 231 g/mol. The molecule has 0 N–H and O–H groups in total. The summed E-state index contributed by atoms with van der Waals surface area (Å²) in [6.07, 6.45) is 0. The van der Waals surface area contributed by atoms with Crippen molar-refractivity contribution in [2.45, 2.75) is 6.54 Å². The van der Waals surface area contributed by atoms with E-state index in [2.05, 4.69) is 30.9 Å². The van der Waals surface area contributed by atoms with Gasteiger partial charge in [0.05, 0.1) is 6.54 Å². The van der Waals surface area contributed by atoms with Crippen molar-refractivity contribution in [3.8, 4) is 0 Å². The molecule has 0 amide bonds. The molecule has 0 saturated carbocycles. The fourth-order valence-electron chi connectivity index (χ4n) is 0.667. The first kappa shape index (κ1) is 8.96. The Labute approximate surface area is 76.2 Å². The highest BCUT2D eigenvalue weighted by Crippen LogP contribution is 2.14. The maximum Gasteiger partial charge on any atom is 0.213 e. The normalized spacial score (nSPS) is 9.17. The van der Waals surface area contributed by atoms with Crippen molar-refractivity contribution in [2.24, 2.45) is 5.11 Å². The largest absolute Gasteiger partial charge is 0.213 e. The number of pyridine rings is 1. The zero-order valence-electron chi connectivity index (χ0n) is 5.91. The third-order valence-corrected chi connectivity index (χ3v) is 1.88. The molecule has 1 rings (SSSR count). The fourth-order valence-corrected chi connectivity index (χ4v) is 1.09. The van der Waals surface area contributed by atoms with Crippen LogP contribution >= 0.6 is 15.9 Å². The second-order valence-electron chi connectivity index (χ2n) is 1.97. The van der Waals surface area contributed by atoms with Gasteiger partial charge in [0.1, 0.15) is 4.60 Å². The van der Waals surface area contributed by atoms with Gasteiger partial charge in [-0.3, -0.25) is 0 Å². The number of hydrogen-bond donors (Lipinski definition) is 0. The van der Waals surface area contributed by atoms with Crippen LogP contribution < -0.4 is 0 Å². The van der Waals surface area contributed by atoms with Gasteiger partial charge in [0.15, 0.2) is 0 Å². The van der Waals surface area contributed by atoms with Crippen LogP contribution in [0.3, 0.4) is 0 Å². The number of rotatable bonds is 2. The van der Waals surface area contributed by atoms with Crippen molar-refractivity contribution < 1.29 is 4.39 Å². The first-order chi connectivity index (χ1) is 5.74. The summed E-state index contributed by atoms with van der Waals surface area (Å²) in [5.74, 6) is -0.563. The van der Waals surface area contributed by atoms with Gasteiger partial charge in [0.2, 0.25) is 5.95 Å². The molecule has 12 heavy (non-hydrogen) atoms. The van der Waals surface area contributed by atoms with Gasteiger partial charge in [-0.1, -0.05) is 11.2 Å². The molecule has 1 aromatic heterocycles. The number of aromatic nitrogens is 1. The molecule has 0 atom stereocenters. The van der Waals surface area contributed by atoms with Crippen LogP contribution in [0.25, 0.3) is 10.4 Å². The smallest absolute Gasteiger partial charge is 0.212 e. The van der Waals surface area contributed by atoms with Gasteiger partial charge >= 0.3 is 0 Å². The zero-order valence-corrected chi connectivity index (χ0v) is 7.49. The minimum Gasteiger partial charge on any atom is -0.212 e. The molecule has 0 spiro atoms. The summed E-state index contributed by atoms with van der Waals surface area (Å²) in [6, 6.07) is 2.73. The Balaban J connectivity index is 2.93. The molecule has 6 heteroatoms. The van der Waals surface area contributed by atoms with Crippen molar-refractivity contribution in [2.75, 3.05) is 0 Å². The van der Waals surface area contributed by atoms with E-state index in [1.807, 2.05) is 0 Å². The van der Waals surface area contributed by atoms with E-state index < -0.39 is 5.95 Å². The topological polar surface area (TPSA) is 61.7 Å². The SMILES string of the molecule is [N-]=[N+]=NCc1ccc(F)nc1Br. The summed E-state index contributed by atoms with van der Waals surface area (Å²) in [6.45, 7) is 0.171. The molecule has 0 aliphatic rings. The standard InChI is InChI=1S/C6H4BrFN4/c7-6-4(3-10-12-9)1-2-5(8)11-6/h1-2H,3H2. The maximum absolute atomic E-state index is 12.4. The Kier molecular flexibility index (Phi) is 3.01. The van der Waals surface area contributed by atoms with E-state index >= 15 is 0 Å². The van der Waals surface area contributed by atoms with Gasteiger partial charge in [0, 0.05) is 4.91 Å². The second kappa shape index (κ2) is 4.04. The van der Waals surface area contributed by atoms with Crippen LogP contribution in [0.2, 0.25) is 0 Å². The van der Waals surface area contributed by atoms with Crippen molar-refractivity contribution >= 4 is 15.9 Å². The van der Waals surface area contributed by atoms with E-state index in [1.165, 1.54) is 12.1 Å². The van der Waals surface area contributed by atoms with Crippen LogP contribution in [0, 0.1) is 5.95 Å². The van der Waals surface area contributed by atoms with E-state index in [0.29, 0.717) is 10.2 Å². The van der Waals surface area contributed by atoms with Crippen molar-refractivity contribution in [3.05, 3.63) is 38.7 Å². The van der Waals surface area contributed by atoms with Crippen molar-refractivity contribution in [1.29, 1.82) is 0 Å². The van der Waals surface area contributed by atoms with E-state index in [1.54, 1.807) is 0 Å². The summed E-state index contributed by atoms with van der Waals surface area (Å²) >= 11 is 3.04. The Morgan fingerprint density at radius 2 is 2.42 bits per heavy atom. The van der Waals surface area contributed by atoms with Crippen molar-refractivity contribution in [1.82, 2.24) is 4.98 Å². The summed E-state index contributed by atoms with van der Waals surface area (Å²) in [7, 11) is 0. The molecule has 0 aromatic carbocycles. The molecule has 0 bridgehead atoms. The van der Waals surface area contributed by atoms with Crippen LogP contribution in [0.15, 0.2) is 21.9 Å². The van der Waals surface area contributed by atoms with Gasteiger partial charge in [-0.15, -0.1) is 0 Å². The first-order valence-corrected chi connectivity index (χ1v) is 3.85. The average Bonchev–Trinajstić information content (AvgIpc) is 2.03. The molecular formula is C6H4BrFN4. The molecule has 4 nitrogen and oxygen atoms in total. The number of hydrogen-bond acceptors (Lipinski definition) is 2. The summed E-state index contributed by atoms with van der Waals surface area (Å²) in [5, 5.41) is 3.32. The Bertz CT molecular complexity index is 334. The molecule has 0 unspecified atom stereocenters. The predicted octanol–water partition coefficient (Wildman–Crippen LogP) is 2.79. The quantitative estimate of drug-likeness (QED) is 0.334.